The number of ether oxygens (including phenoxy) is 1. The third-order valence-electron chi connectivity index (χ3n) is 3.19. The van der Waals surface area contributed by atoms with Crippen LogP contribution in [0.1, 0.15) is 57.4 Å². The fourth-order valence-corrected chi connectivity index (χ4v) is 2.74. The van der Waals surface area contributed by atoms with E-state index >= 15 is 0 Å². The van der Waals surface area contributed by atoms with Crippen LogP contribution in [-0.2, 0) is 5.33 Å². The van der Waals surface area contributed by atoms with Gasteiger partial charge in [0.2, 0.25) is 0 Å². The SMILES string of the molecule is CCCCCCCCCOc1c(Cl)cccc1CBr. The van der Waals surface area contributed by atoms with Gasteiger partial charge >= 0.3 is 0 Å². The molecule has 0 aliphatic carbocycles. The van der Waals surface area contributed by atoms with Crippen LogP contribution in [0.25, 0.3) is 0 Å². The molecule has 0 saturated carbocycles. The first-order valence-electron chi connectivity index (χ1n) is 7.25. The molecular weight excluding hydrogens is 324 g/mol. The summed E-state index contributed by atoms with van der Waals surface area (Å²) in [7, 11) is 0. The van der Waals surface area contributed by atoms with Gasteiger partial charge in [-0.15, -0.1) is 0 Å². The van der Waals surface area contributed by atoms with Crippen LogP contribution < -0.4 is 4.74 Å². The molecule has 0 amide bonds. The fraction of sp³-hybridized carbons (Fsp3) is 0.625. The van der Waals surface area contributed by atoms with Crippen LogP contribution in [0.3, 0.4) is 0 Å². The third kappa shape index (κ3) is 6.67. The second-order valence-corrected chi connectivity index (χ2v) is 5.80. The summed E-state index contributed by atoms with van der Waals surface area (Å²) in [6, 6.07) is 5.88. The van der Waals surface area contributed by atoms with Gasteiger partial charge in [-0.2, -0.15) is 0 Å². The first-order chi connectivity index (χ1) is 9.29. The van der Waals surface area contributed by atoms with E-state index in [1.807, 2.05) is 18.2 Å². The Bertz CT molecular complexity index is 355. The highest BCUT2D eigenvalue weighted by Crippen LogP contribution is 2.30. The molecule has 0 aliphatic heterocycles. The molecule has 3 heteroatoms. The number of benzene rings is 1. The molecule has 0 heterocycles. The Labute approximate surface area is 130 Å². The summed E-state index contributed by atoms with van der Waals surface area (Å²) >= 11 is 9.62. The molecule has 1 aromatic carbocycles. The van der Waals surface area contributed by atoms with E-state index in [-0.39, 0.29) is 0 Å². The maximum Gasteiger partial charge on any atom is 0.141 e. The predicted molar refractivity (Wildman–Crippen MR) is 87.6 cm³/mol. The summed E-state index contributed by atoms with van der Waals surface area (Å²) in [5.74, 6) is 0.840. The lowest BCUT2D eigenvalue weighted by Crippen LogP contribution is -2.00. The molecule has 19 heavy (non-hydrogen) atoms. The monoisotopic (exact) mass is 346 g/mol. The maximum absolute atomic E-state index is 6.16. The van der Waals surface area contributed by atoms with Gasteiger partial charge in [-0.05, 0) is 12.5 Å². The van der Waals surface area contributed by atoms with E-state index in [2.05, 4.69) is 22.9 Å². The second kappa shape index (κ2) is 10.6. The van der Waals surface area contributed by atoms with E-state index in [9.17, 15) is 0 Å². The molecule has 0 spiro atoms. The molecule has 1 rings (SSSR count). The van der Waals surface area contributed by atoms with E-state index in [0.717, 1.165) is 29.7 Å². The van der Waals surface area contributed by atoms with Crippen molar-refractivity contribution in [2.24, 2.45) is 0 Å². The van der Waals surface area contributed by atoms with Crippen molar-refractivity contribution in [3.63, 3.8) is 0 Å². The van der Waals surface area contributed by atoms with Gasteiger partial charge in [0.1, 0.15) is 5.75 Å². The molecule has 0 aliphatic rings. The summed E-state index contributed by atoms with van der Waals surface area (Å²) in [6.07, 6.45) is 9.08. The number of hydrogen-bond donors (Lipinski definition) is 0. The largest absolute Gasteiger partial charge is 0.492 e. The second-order valence-electron chi connectivity index (χ2n) is 4.83. The number of hydrogen-bond acceptors (Lipinski definition) is 1. The molecular formula is C16H24BrClO. The van der Waals surface area contributed by atoms with Crippen molar-refractivity contribution in [3.05, 3.63) is 28.8 Å². The molecule has 0 saturated heterocycles. The Morgan fingerprint density at radius 3 is 2.42 bits per heavy atom. The van der Waals surface area contributed by atoms with Crippen LogP contribution in [0.5, 0.6) is 5.75 Å². The first kappa shape index (κ1) is 16.8. The van der Waals surface area contributed by atoms with E-state index in [4.69, 9.17) is 16.3 Å². The molecule has 0 N–H and O–H groups in total. The minimum Gasteiger partial charge on any atom is -0.492 e. The Hall–Kier alpha value is -0.210. The molecule has 0 unspecified atom stereocenters. The standard InChI is InChI=1S/C16H24BrClO/c1-2-3-4-5-6-7-8-12-19-16-14(13-17)10-9-11-15(16)18/h9-11H,2-8,12-13H2,1H3. The quantitative estimate of drug-likeness (QED) is 0.353. The third-order valence-corrected chi connectivity index (χ3v) is 4.09. The van der Waals surface area contributed by atoms with Gasteiger partial charge in [0.25, 0.3) is 0 Å². The van der Waals surface area contributed by atoms with Crippen molar-refractivity contribution < 1.29 is 4.74 Å². The van der Waals surface area contributed by atoms with Gasteiger partial charge in [-0.1, -0.05) is 85.1 Å². The van der Waals surface area contributed by atoms with Crippen molar-refractivity contribution in [2.45, 2.75) is 57.2 Å². The van der Waals surface area contributed by atoms with Crippen LogP contribution in [0, 0.1) is 0 Å². The van der Waals surface area contributed by atoms with Crippen molar-refractivity contribution in [3.8, 4) is 5.75 Å². The summed E-state index contributed by atoms with van der Waals surface area (Å²) in [4.78, 5) is 0. The zero-order chi connectivity index (χ0) is 13.9. The van der Waals surface area contributed by atoms with Gasteiger partial charge in [0.15, 0.2) is 0 Å². The van der Waals surface area contributed by atoms with Crippen molar-refractivity contribution in [1.82, 2.24) is 0 Å². The highest BCUT2D eigenvalue weighted by Gasteiger charge is 2.06. The number of unbranched alkanes of at least 4 members (excludes halogenated alkanes) is 6. The van der Waals surface area contributed by atoms with Crippen molar-refractivity contribution in [2.75, 3.05) is 6.61 Å². The van der Waals surface area contributed by atoms with Gasteiger partial charge in [0, 0.05) is 10.9 Å². The topological polar surface area (TPSA) is 9.23 Å². The minimum absolute atomic E-state index is 0.708. The highest BCUT2D eigenvalue weighted by atomic mass is 79.9. The van der Waals surface area contributed by atoms with Crippen LogP contribution in [0.2, 0.25) is 5.02 Å². The molecule has 0 atom stereocenters. The molecule has 0 fully saturated rings. The van der Waals surface area contributed by atoms with Crippen LogP contribution in [0.4, 0.5) is 0 Å². The summed E-state index contributed by atoms with van der Waals surface area (Å²) < 4.78 is 5.82. The average molecular weight is 348 g/mol. The number of rotatable bonds is 10. The molecule has 1 aromatic rings. The Kier molecular flexibility index (Phi) is 9.36. The van der Waals surface area contributed by atoms with Gasteiger partial charge in [-0.3, -0.25) is 0 Å². The number of alkyl halides is 1. The lowest BCUT2D eigenvalue weighted by Gasteiger charge is -2.11. The Morgan fingerprint density at radius 2 is 1.74 bits per heavy atom. The van der Waals surface area contributed by atoms with E-state index in [0.29, 0.717) is 5.02 Å². The smallest absolute Gasteiger partial charge is 0.141 e. The minimum atomic E-state index is 0.708. The summed E-state index contributed by atoms with van der Waals surface area (Å²) in [5.41, 5.74) is 1.12. The molecule has 108 valence electrons. The maximum atomic E-state index is 6.16. The van der Waals surface area contributed by atoms with Crippen LogP contribution in [-0.4, -0.2) is 6.61 Å². The number of para-hydroxylation sites is 1. The van der Waals surface area contributed by atoms with Crippen LogP contribution >= 0.6 is 27.5 Å². The average Bonchev–Trinajstić information content (AvgIpc) is 2.43. The fourth-order valence-electron chi connectivity index (χ4n) is 2.05. The number of halogens is 2. The Morgan fingerprint density at radius 1 is 1.05 bits per heavy atom. The lowest BCUT2D eigenvalue weighted by molar-refractivity contribution is 0.302. The molecule has 0 bridgehead atoms. The van der Waals surface area contributed by atoms with Crippen molar-refractivity contribution in [1.29, 1.82) is 0 Å². The Balaban J connectivity index is 2.19. The van der Waals surface area contributed by atoms with Gasteiger partial charge in [-0.25, -0.2) is 0 Å². The van der Waals surface area contributed by atoms with Gasteiger partial charge in [0.05, 0.1) is 11.6 Å². The highest BCUT2D eigenvalue weighted by molar-refractivity contribution is 9.08. The first-order valence-corrected chi connectivity index (χ1v) is 8.75. The molecule has 0 radical (unpaired) electrons. The van der Waals surface area contributed by atoms with E-state index in [1.54, 1.807) is 0 Å². The predicted octanol–water partition coefficient (Wildman–Crippen LogP) is 6.36. The summed E-state index contributed by atoms with van der Waals surface area (Å²) in [5, 5.41) is 1.49. The lowest BCUT2D eigenvalue weighted by atomic mass is 10.1. The van der Waals surface area contributed by atoms with E-state index < -0.39 is 0 Å². The van der Waals surface area contributed by atoms with E-state index in [1.165, 1.54) is 38.5 Å². The van der Waals surface area contributed by atoms with Gasteiger partial charge < -0.3 is 4.74 Å². The zero-order valence-corrected chi connectivity index (χ0v) is 14.1. The van der Waals surface area contributed by atoms with Crippen molar-refractivity contribution >= 4 is 27.5 Å². The normalized spacial score (nSPS) is 10.7. The summed E-state index contributed by atoms with van der Waals surface area (Å²) in [6.45, 7) is 3.01. The molecule has 1 nitrogen and oxygen atoms in total. The molecule has 0 aromatic heterocycles. The van der Waals surface area contributed by atoms with Crippen LogP contribution in [0.15, 0.2) is 18.2 Å². The zero-order valence-electron chi connectivity index (χ0n) is 11.8.